The molecule has 1 amide bonds. The van der Waals surface area contributed by atoms with Crippen LogP contribution in [0.5, 0.6) is 0 Å². The summed E-state index contributed by atoms with van der Waals surface area (Å²) >= 11 is 1.67. The van der Waals surface area contributed by atoms with Crippen LogP contribution < -0.4 is 4.80 Å². The van der Waals surface area contributed by atoms with E-state index in [1.165, 1.54) is 35.4 Å². The second-order valence-electron chi connectivity index (χ2n) is 10.2. The maximum atomic E-state index is 13.5. The third-order valence-electron chi connectivity index (χ3n) is 7.86. The van der Waals surface area contributed by atoms with Crippen molar-refractivity contribution in [3.8, 4) is 0 Å². The zero-order valence-electron chi connectivity index (χ0n) is 18.8. The molecule has 166 valence electrons. The van der Waals surface area contributed by atoms with Crippen LogP contribution in [0, 0.1) is 37.0 Å². The van der Waals surface area contributed by atoms with Crippen LogP contribution in [0.4, 0.5) is 0 Å². The average Bonchev–Trinajstić information content (AvgIpc) is 3.00. The lowest BCUT2D eigenvalue weighted by Crippen LogP contribution is -2.50. The number of aromatic nitrogens is 1. The number of hydrogen-bond donors (Lipinski definition) is 0. The van der Waals surface area contributed by atoms with Crippen molar-refractivity contribution in [2.75, 3.05) is 6.61 Å². The lowest BCUT2D eigenvalue weighted by molar-refractivity contribution is -0.142. The van der Waals surface area contributed by atoms with E-state index in [9.17, 15) is 4.79 Å². The summed E-state index contributed by atoms with van der Waals surface area (Å²) in [5.41, 5.74) is 2.27. The van der Waals surface area contributed by atoms with Gasteiger partial charge in [0.05, 0.1) is 12.0 Å². The van der Waals surface area contributed by atoms with Gasteiger partial charge in [0.1, 0.15) is 0 Å². The van der Waals surface area contributed by atoms with Gasteiger partial charge in [-0.25, -0.2) is 0 Å². The summed E-state index contributed by atoms with van der Waals surface area (Å²) in [7, 11) is 0. The predicted molar refractivity (Wildman–Crippen MR) is 124 cm³/mol. The quantitative estimate of drug-likeness (QED) is 0.542. The Balaban J connectivity index is 1.26. The Morgan fingerprint density at radius 1 is 1.10 bits per heavy atom. The van der Waals surface area contributed by atoms with Gasteiger partial charge >= 0.3 is 0 Å². The molecule has 0 aliphatic heterocycles. The van der Waals surface area contributed by atoms with E-state index in [-0.39, 0.29) is 11.3 Å². The SMILES string of the molecule is Cc1s/c(=N\C(=O)C23CC4CC(CC(C4)C2)C3)n(CCCOCc2ccccc2)c1C. The van der Waals surface area contributed by atoms with Crippen molar-refractivity contribution in [1.29, 1.82) is 0 Å². The molecular formula is C26H34N2O2S. The number of ether oxygens (including phenoxy) is 1. The van der Waals surface area contributed by atoms with Gasteiger partial charge in [-0.3, -0.25) is 4.79 Å². The molecule has 6 rings (SSSR count). The topological polar surface area (TPSA) is 43.6 Å². The van der Waals surface area contributed by atoms with Crippen molar-refractivity contribution in [3.05, 3.63) is 51.3 Å². The van der Waals surface area contributed by atoms with Crippen LogP contribution in [0.3, 0.4) is 0 Å². The Hall–Kier alpha value is -1.72. The van der Waals surface area contributed by atoms with Gasteiger partial charge in [0, 0.05) is 23.7 Å². The maximum absolute atomic E-state index is 13.5. The molecule has 0 unspecified atom stereocenters. The normalized spacial score (nSPS) is 29.6. The Kier molecular flexibility index (Phi) is 5.91. The molecule has 4 aliphatic carbocycles. The monoisotopic (exact) mass is 438 g/mol. The summed E-state index contributed by atoms with van der Waals surface area (Å²) in [6, 6.07) is 10.3. The van der Waals surface area contributed by atoms with Crippen molar-refractivity contribution < 1.29 is 9.53 Å². The van der Waals surface area contributed by atoms with Gasteiger partial charge in [-0.1, -0.05) is 30.3 Å². The van der Waals surface area contributed by atoms with E-state index in [4.69, 9.17) is 9.73 Å². The van der Waals surface area contributed by atoms with Crippen LogP contribution in [-0.2, 0) is 22.7 Å². The minimum Gasteiger partial charge on any atom is -0.377 e. The second-order valence-corrected chi connectivity index (χ2v) is 11.4. The summed E-state index contributed by atoms with van der Waals surface area (Å²) in [5, 5.41) is 0. The van der Waals surface area contributed by atoms with Crippen LogP contribution in [-0.4, -0.2) is 17.1 Å². The van der Waals surface area contributed by atoms with Crippen LogP contribution >= 0.6 is 11.3 Å². The predicted octanol–water partition coefficient (Wildman–Crippen LogP) is 5.42. The number of hydrogen-bond acceptors (Lipinski definition) is 3. The van der Waals surface area contributed by atoms with Gasteiger partial charge in [0.15, 0.2) is 4.80 Å². The average molecular weight is 439 g/mol. The highest BCUT2D eigenvalue weighted by atomic mass is 32.1. The summed E-state index contributed by atoms with van der Waals surface area (Å²) in [6.07, 6.45) is 8.22. The molecule has 4 bridgehead atoms. The van der Waals surface area contributed by atoms with Gasteiger partial charge in [0.25, 0.3) is 5.91 Å². The molecule has 1 aromatic carbocycles. The van der Waals surface area contributed by atoms with Crippen molar-refractivity contribution >= 4 is 17.2 Å². The van der Waals surface area contributed by atoms with E-state index in [0.29, 0.717) is 13.2 Å². The third kappa shape index (κ3) is 4.31. The van der Waals surface area contributed by atoms with E-state index >= 15 is 0 Å². The lowest BCUT2D eigenvalue weighted by Gasteiger charge is -2.55. The standard InChI is InChI=1S/C26H34N2O2S/c1-18-19(2)31-25(28(18)9-6-10-30-17-20-7-4-3-5-8-20)27-24(29)26-14-21-11-22(15-26)13-23(12-21)16-26/h3-5,7-8,21-23H,6,9-17H2,1-2H3/b27-25-. The number of thiazole rings is 1. The van der Waals surface area contributed by atoms with Crippen LogP contribution in [0.25, 0.3) is 0 Å². The Morgan fingerprint density at radius 2 is 1.74 bits per heavy atom. The fourth-order valence-corrected chi connectivity index (χ4v) is 7.61. The van der Waals surface area contributed by atoms with E-state index in [1.807, 2.05) is 18.2 Å². The Morgan fingerprint density at radius 3 is 2.39 bits per heavy atom. The van der Waals surface area contributed by atoms with Gasteiger partial charge < -0.3 is 9.30 Å². The van der Waals surface area contributed by atoms with Crippen LogP contribution in [0.15, 0.2) is 35.3 Å². The number of carbonyl (C=O) groups is 1. The number of amides is 1. The zero-order chi connectivity index (χ0) is 21.4. The van der Waals surface area contributed by atoms with Crippen LogP contribution in [0.2, 0.25) is 0 Å². The molecule has 4 saturated carbocycles. The van der Waals surface area contributed by atoms with E-state index < -0.39 is 0 Å². The molecule has 1 heterocycles. The van der Waals surface area contributed by atoms with Gasteiger partial charge in [-0.05, 0) is 82.1 Å². The summed E-state index contributed by atoms with van der Waals surface area (Å²) in [5.74, 6) is 2.48. The molecular weight excluding hydrogens is 404 g/mol. The first-order valence-electron chi connectivity index (χ1n) is 11.9. The Labute approximate surface area is 189 Å². The largest absolute Gasteiger partial charge is 0.377 e. The summed E-state index contributed by atoms with van der Waals surface area (Å²) in [4.78, 5) is 20.4. The molecule has 5 heteroatoms. The molecule has 0 spiro atoms. The van der Waals surface area contributed by atoms with Gasteiger partial charge in [-0.2, -0.15) is 4.99 Å². The van der Waals surface area contributed by atoms with Crippen molar-refractivity contribution in [3.63, 3.8) is 0 Å². The van der Waals surface area contributed by atoms with Gasteiger partial charge in [0.2, 0.25) is 0 Å². The summed E-state index contributed by atoms with van der Waals surface area (Å²) < 4.78 is 8.11. The van der Waals surface area contributed by atoms with Crippen LogP contribution in [0.1, 0.15) is 61.1 Å². The molecule has 4 aliphatic rings. The highest BCUT2D eigenvalue weighted by molar-refractivity contribution is 7.09. The molecule has 1 aromatic heterocycles. The fraction of sp³-hybridized carbons (Fsp3) is 0.615. The van der Waals surface area contributed by atoms with E-state index in [2.05, 4.69) is 30.5 Å². The van der Waals surface area contributed by atoms with Crippen molar-refractivity contribution in [2.24, 2.45) is 28.2 Å². The molecule has 31 heavy (non-hydrogen) atoms. The molecule has 4 fully saturated rings. The highest BCUT2D eigenvalue weighted by Gasteiger charge is 2.54. The third-order valence-corrected chi connectivity index (χ3v) is 8.96. The van der Waals surface area contributed by atoms with Gasteiger partial charge in [-0.15, -0.1) is 11.3 Å². The van der Waals surface area contributed by atoms with Crippen molar-refractivity contribution in [1.82, 2.24) is 4.57 Å². The maximum Gasteiger partial charge on any atom is 0.254 e. The number of aryl methyl sites for hydroxylation is 1. The number of carbonyl (C=O) groups excluding carboxylic acids is 1. The minimum absolute atomic E-state index is 0.156. The fourth-order valence-electron chi connectivity index (χ4n) is 6.61. The first-order valence-corrected chi connectivity index (χ1v) is 12.7. The van der Waals surface area contributed by atoms with E-state index in [0.717, 1.165) is 54.8 Å². The van der Waals surface area contributed by atoms with E-state index in [1.54, 1.807) is 11.3 Å². The minimum atomic E-state index is -0.156. The number of rotatable bonds is 7. The highest BCUT2D eigenvalue weighted by Crippen LogP contribution is 2.60. The second kappa shape index (κ2) is 8.67. The smallest absolute Gasteiger partial charge is 0.254 e. The number of nitrogens with zero attached hydrogens (tertiary/aromatic N) is 2. The molecule has 0 N–H and O–H groups in total. The number of benzene rings is 1. The summed E-state index contributed by atoms with van der Waals surface area (Å²) in [6.45, 7) is 6.48. The molecule has 0 radical (unpaired) electrons. The Bertz CT molecular complexity index is 969. The zero-order valence-corrected chi connectivity index (χ0v) is 19.6. The molecule has 0 atom stereocenters. The molecule has 4 nitrogen and oxygen atoms in total. The molecule has 0 saturated heterocycles. The first kappa shape index (κ1) is 21.1. The lowest BCUT2D eigenvalue weighted by atomic mass is 9.49. The molecule has 2 aromatic rings. The first-order chi connectivity index (χ1) is 15.0. The van der Waals surface area contributed by atoms with Crippen molar-refractivity contribution in [2.45, 2.75) is 71.9 Å².